The molecule has 1 N–H and O–H groups in total. The molecule has 1 aromatic rings. The van der Waals surface area contributed by atoms with Gasteiger partial charge in [-0.05, 0) is 38.7 Å². The Kier molecular flexibility index (Phi) is 3.27. The topological polar surface area (TPSA) is 46.9 Å². The molecule has 0 atom stereocenters. The molecule has 1 saturated carbocycles. The molecular weight excluding hydrogens is 202 g/mol. The van der Waals surface area contributed by atoms with Crippen molar-refractivity contribution in [2.45, 2.75) is 52.1 Å². The zero-order valence-corrected chi connectivity index (χ0v) is 9.99. The maximum Gasteiger partial charge on any atom is 0.220 e. The maximum absolute atomic E-state index is 11.5. The lowest BCUT2D eigenvalue weighted by Crippen LogP contribution is -2.25. The highest BCUT2D eigenvalue weighted by molar-refractivity contribution is 5.76. The standard InChI is InChI=1S/C12H19N3O/c1-3-15-8-10(9(2)14-15)4-7-12(16)13-11-5-6-11/h8,11H,3-7H2,1-2H3,(H,13,16). The van der Waals surface area contributed by atoms with Crippen LogP contribution in [-0.2, 0) is 17.8 Å². The zero-order valence-electron chi connectivity index (χ0n) is 9.99. The number of rotatable bonds is 5. The van der Waals surface area contributed by atoms with E-state index in [1.807, 2.05) is 17.8 Å². The van der Waals surface area contributed by atoms with E-state index in [4.69, 9.17) is 0 Å². The van der Waals surface area contributed by atoms with E-state index in [2.05, 4.69) is 17.3 Å². The Hall–Kier alpha value is -1.32. The van der Waals surface area contributed by atoms with Crippen molar-refractivity contribution >= 4 is 5.91 Å². The van der Waals surface area contributed by atoms with Gasteiger partial charge in [-0.2, -0.15) is 5.10 Å². The van der Waals surface area contributed by atoms with Gasteiger partial charge in [0.25, 0.3) is 0 Å². The predicted molar refractivity (Wildman–Crippen MR) is 62.1 cm³/mol. The van der Waals surface area contributed by atoms with E-state index in [1.54, 1.807) is 0 Å². The third-order valence-corrected chi connectivity index (χ3v) is 2.94. The molecule has 0 radical (unpaired) electrons. The van der Waals surface area contributed by atoms with E-state index in [0.29, 0.717) is 12.5 Å². The van der Waals surface area contributed by atoms with Crippen LogP contribution in [0.2, 0.25) is 0 Å². The molecule has 2 rings (SSSR count). The van der Waals surface area contributed by atoms with E-state index in [9.17, 15) is 4.79 Å². The number of carbonyl (C=O) groups excluding carboxylic acids is 1. The van der Waals surface area contributed by atoms with Gasteiger partial charge in [0.15, 0.2) is 0 Å². The molecule has 1 fully saturated rings. The third kappa shape index (κ3) is 2.84. The number of hydrogen-bond acceptors (Lipinski definition) is 2. The van der Waals surface area contributed by atoms with Crippen LogP contribution in [0.1, 0.15) is 37.4 Å². The van der Waals surface area contributed by atoms with Crippen LogP contribution in [0, 0.1) is 6.92 Å². The molecule has 0 aliphatic heterocycles. The third-order valence-electron chi connectivity index (χ3n) is 2.94. The number of aromatic nitrogens is 2. The van der Waals surface area contributed by atoms with E-state index < -0.39 is 0 Å². The SMILES string of the molecule is CCn1cc(CCC(=O)NC2CC2)c(C)n1. The Morgan fingerprint density at radius 2 is 2.38 bits per heavy atom. The van der Waals surface area contributed by atoms with Crippen molar-refractivity contribution in [3.05, 3.63) is 17.5 Å². The molecule has 0 spiro atoms. The summed E-state index contributed by atoms with van der Waals surface area (Å²) in [5.41, 5.74) is 2.23. The van der Waals surface area contributed by atoms with Crippen molar-refractivity contribution < 1.29 is 4.79 Å². The molecular formula is C12H19N3O. The second kappa shape index (κ2) is 4.68. The van der Waals surface area contributed by atoms with Crippen molar-refractivity contribution in [1.82, 2.24) is 15.1 Å². The first-order chi connectivity index (χ1) is 7.69. The van der Waals surface area contributed by atoms with Gasteiger partial charge in [-0.1, -0.05) is 0 Å². The highest BCUT2D eigenvalue weighted by atomic mass is 16.1. The summed E-state index contributed by atoms with van der Waals surface area (Å²) in [6, 6.07) is 0.465. The number of carbonyl (C=O) groups is 1. The average Bonchev–Trinajstić information content (AvgIpc) is 2.98. The van der Waals surface area contributed by atoms with Crippen LogP contribution in [0.3, 0.4) is 0 Å². The lowest BCUT2D eigenvalue weighted by atomic mass is 10.1. The first-order valence-electron chi connectivity index (χ1n) is 6.01. The lowest BCUT2D eigenvalue weighted by Gasteiger charge is -2.01. The molecule has 0 bridgehead atoms. The fraction of sp³-hybridized carbons (Fsp3) is 0.667. The monoisotopic (exact) mass is 221 g/mol. The molecule has 88 valence electrons. The first kappa shape index (κ1) is 11.2. The summed E-state index contributed by atoms with van der Waals surface area (Å²) in [7, 11) is 0. The van der Waals surface area contributed by atoms with Gasteiger partial charge in [0, 0.05) is 25.2 Å². The molecule has 1 aliphatic rings. The number of aryl methyl sites for hydroxylation is 3. The minimum absolute atomic E-state index is 0.172. The smallest absolute Gasteiger partial charge is 0.220 e. The number of hydrogen-bond donors (Lipinski definition) is 1. The zero-order chi connectivity index (χ0) is 11.5. The van der Waals surface area contributed by atoms with Gasteiger partial charge in [0.1, 0.15) is 0 Å². The van der Waals surface area contributed by atoms with E-state index in [0.717, 1.165) is 31.5 Å². The van der Waals surface area contributed by atoms with Gasteiger partial charge in [-0.15, -0.1) is 0 Å². The Morgan fingerprint density at radius 1 is 1.62 bits per heavy atom. The molecule has 0 saturated heterocycles. The molecule has 4 nitrogen and oxygen atoms in total. The highest BCUT2D eigenvalue weighted by Crippen LogP contribution is 2.19. The van der Waals surface area contributed by atoms with Crippen molar-refractivity contribution in [2.24, 2.45) is 0 Å². The largest absolute Gasteiger partial charge is 0.353 e. The van der Waals surface area contributed by atoms with Crippen LogP contribution in [0.5, 0.6) is 0 Å². The van der Waals surface area contributed by atoms with E-state index >= 15 is 0 Å². The average molecular weight is 221 g/mol. The normalized spacial score (nSPS) is 15.1. The summed E-state index contributed by atoms with van der Waals surface area (Å²) >= 11 is 0. The van der Waals surface area contributed by atoms with Crippen molar-refractivity contribution in [2.75, 3.05) is 0 Å². The molecule has 1 aliphatic carbocycles. The summed E-state index contributed by atoms with van der Waals surface area (Å²) < 4.78 is 1.92. The van der Waals surface area contributed by atoms with Gasteiger partial charge >= 0.3 is 0 Å². The van der Waals surface area contributed by atoms with Crippen LogP contribution in [0.25, 0.3) is 0 Å². The minimum Gasteiger partial charge on any atom is -0.353 e. The molecule has 16 heavy (non-hydrogen) atoms. The van der Waals surface area contributed by atoms with Gasteiger partial charge < -0.3 is 5.32 Å². The van der Waals surface area contributed by atoms with Crippen LogP contribution in [0.4, 0.5) is 0 Å². The number of nitrogens with zero attached hydrogens (tertiary/aromatic N) is 2. The van der Waals surface area contributed by atoms with Crippen molar-refractivity contribution in [3.8, 4) is 0 Å². The summed E-state index contributed by atoms with van der Waals surface area (Å²) in [6.07, 6.45) is 5.72. The summed E-state index contributed by atoms with van der Waals surface area (Å²) in [4.78, 5) is 11.5. The maximum atomic E-state index is 11.5. The highest BCUT2D eigenvalue weighted by Gasteiger charge is 2.22. The molecule has 0 unspecified atom stereocenters. The van der Waals surface area contributed by atoms with Gasteiger partial charge in [0.05, 0.1) is 5.69 Å². The van der Waals surface area contributed by atoms with Crippen molar-refractivity contribution in [3.63, 3.8) is 0 Å². The first-order valence-corrected chi connectivity index (χ1v) is 6.01. The van der Waals surface area contributed by atoms with Crippen molar-refractivity contribution in [1.29, 1.82) is 0 Å². The van der Waals surface area contributed by atoms with Crippen LogP contribution in [0.15, 0.2) is 6.20 Å². The van der Waals surface area contributed by atoms with Gasteiger partial charge in [0.2, 0.25) is 5.91 Å². The number of nitrogens with one attached hydrogen (secondary N) is 1. The Labute approximate surface area is 96.0 Å². The van der Waals surface area contributed by atoms with Gasteiger partial charge in [-0.3, -0.25) is 9.48 Å². The molecule has 0 aromatic carbocycles. The quantitative estimate of drug-likeness (QED) is 0.817. The Balaban J connectivity index is 1.83. The molecule has 1 amide bonds. The fourth-order valence-corrected chi connectivity index (χ4v) is 1.74. The summed E-state index contributed by atoms with van der Waals surface area (Å²) in [5.74, 6) is 0.172. The second-order valence-electron chi connectivity index (χ2n) is 4.44. The fourth-order valence-electron chi connectivity index (χ4n) is 1.74. The second-order valence-corrected chi connectivity index (χ2v) is 4.44. The minimum atomic E-state index is 0.172. The van der Waals surface area contributed by atoms with Crippen LogP contribution >= 0.6 is 0 Å². The summed E-state index contributed by atoms with van der Waals surface area (Å²) in [6.45, 7) is 4.95. The van der Waals surface area contributed by atoms with Gasteiger partial charge in [-0.25, -0.2) is 0 Å². The lowest BCUT2D eigenvalue weighted by molar-refractivity contribution is -0.121. The van der Waals surface area contributed by atoms with E-state index in [-0.39, 0.29) is 5.91 Å². The van der Waals surface area contributed by atoms with E-state index in [1.165, 1.54) is 5.56 Å². The number of amides is 1. The Morgan fingerprint density at radius 3 is 2.94 bits per heavy atom. The molecule has 4 heteroatoms. The van der Waals surface area contributed by atoms with Crippen LogP contribution < -0.4 is 5.32 Å². The van der Waals surface area contributed by atoms with Crippen LogP contribution in [-0.4, -0.2) is 21.7 Å². The predicted octanol–water partition coefficient (Wildman–Crippen LogP) is 1.42. The molecule has 1 heterocycles. The Bertz CT molecular complexity index is 380. The molecule has 1 aromatic heterocycles. The summed E-state index contributed by atoms with van der Waals surface area (Å²) in [5, 5.41) is 7.36.